The molecule has 1 heterocycles. The van der Waals surface area contributed by atoms with E-state index in [1.54, 1.807) is 0 Å². The zero-order chi connectivity index (χ0) is 14.0. The second-order valence-corrected chi connectivity index (χ2v) is 6.46. The summed E-state index contributed by atoms with van der Waals surface area (Å²) in [5, 5.41) is 3.07. The lowest BCUT2D eigenvalue weighted by molar-refractivity contribution is 0.326. The van der Waals surface area contributed by atoms with Gasteiger partial charge in [-0.25, -0.2) is 21.9 Å². The minimum atomic E-state index is -4.05. The molecule has 1 aliphatic rings. The van der Waals surface area contributed by atoms with Gasteiger partial charge in [0.15, 0.2) is 0 Å². The van der Waals surface area contributed by atoms with Crippen molar-refractivity contribution in [3.05, 3.63) is 29.8 Å². The summed E-state index contributed by atoms with van der Waals surface area (Å²) in [7, 11) is -4.05. The molecule has 1 aromatic rings. The highest BCUT2D eigenvalue weighted by Crippen LogP contribution is 2.19. The summed E-state index contributed by atoms with van der Waals surface area (Å²) >= 11 is 0. The Morgan fingerprint density at radius 2 is 2.11 bits per heavy atom. The maximum absolute atomic E-state index is 13.5. The van der Waals surface area contributed by atoms with E-state index in [2.05, 4.69) is 10.0 Å². The van der Waals surface area contributed by atoms with E-state index in [4.69, 9.17) is 0 Å². The highest BCUT2D eigenvalue weighted by molar-refractivity contribution is 7.89. The summed E-state index contributed by atoms with van der Waals surface area (Å²) < 4.78 is 53.2. The van der Waals surface area contributed by atoms with Crippen LogP contribution < -0.4 is 10.0 Å². The van der Waals surface area contributed by atoms with Gasteiger partial charge in [0.25, 0.3) is 0 Å². The van der Waals surface area contributed by atoms with Crippen LogP contribution in [0.2, 0.25) is 0 Å². The molecule has 1 saturated heterocycles. The van der Waals surface area contributed by atoms with Crippen LogP contribution in [0.15, 0.2) is 23.1 Å². The standard InChI is InChI=1S/C12H16F2N2O2S/c1-8-4-5-15-7-11(8)16-19(17,18)12-6-9(13)2-3-10(12)14/h2-3,6,8,11,15-16H,4-5,7H2,1H3/t8-,11-/m1/s1. The second-order valence-electron chi connectivity index (χ2n) is 4.77. The molecule has 2 atom stereocenters. The third-order valence-corrected chi connectivity index (χ3v) is 4.82. The predicted molar refractivity (Wildman–Crippen MR) is 67.1 cm³/mol. The lowest BCUT2D eigenvalue weighted by Gasteiger charge is -2.30. The normalized spacial score (nSPS) is 24.4. The maximum atomic E-state index is 13.5. The molecular weight excluding hydrogens is 274 g/mol. The van der Waals surface area contributed by atoms with Crippen molar-refractivity contribution in [2.75, 3.05) is 13.1 Å². The molecule has 1 aliphatic heterocycles. The summed E-state index contributed by atoms with van der Waals surface area (Å²) in [4.78, 5) is -0.648. The van der Waals surface area contributed by atoms with Crippen molar-refractivity contribution in [2.45, 2.75) is 24.3 Å². The first-order chi connectivity index (χ1) is 8.90. The molecule has 1 fully saturated rings. The smallest absolute Gasteiger partial charge is 0.243 e. The largest absolute Gasteiger partial charge is 0.315 e. The van der Waals surface area contributed by atoms with Crippen molar-refractivity contribution in [3.8, 4) is 0 Å². The molecule has 2 N–H and O–H groups in total. The van der Waals surface area contributed by atoms with Crippen LogP contribution in [0.4, 0.5) is 8.78 Å². The Kier molecular flexibility index (Phi) is 4.17. The van der Waals surface area contributed by atoms with Gasteiger partial charge in [0.2, 0.25) is 10.0 Å². The first-order valence-electron chi connectivity index (χ1n) is 6.08. The van der Waals surface area contributed by atoms with E-state index in [1.165, 1.54) is 0 Å². The second kappa shape index (κ2) is 5.52. The summed E-state index contributed by atoms with van der Waals surface area (Å²) in [6.07, 6.45) is 0.832. The maximum Gasteiger partial charge on any atom is 0.243 e. The van der Waals surface area contributed by atoms with Gasteiger partial charge in [-0.15, -0.1) is 0 Å². The van der Waals surface area contributed by atoms with Crippen molar-refractivity contribution < 1.29 is 17.2 Å². The van der Waals surface area contributed by atoms with Gasteiger partial charge in [-0.3, -0.25) is 0 Å². The molecule has 2 rings (SSSR count). The van der Waals surface area contributed by atoms with Gasteiger partial charge in [0.05, 0.1) is 0 Å². The molecule has 0 aliphatic carbocycles. The fourth-order valence-corrected chi connectivity index (χ4v) is 3.53. The first kappa shape index (κ1) is 14.4. The molecule has 0 amide bonds. The van der Waals surface area contributed by atoms with Crippen molar-refractivity contribution in [2.24, 2.45) is 5.92 Å². The molecule has 0 unspecified atom stereocenters. The number of piperidine rings is 1. The Labute approximate surface area is 111 Å². The van der Waals surface area contributed by atoms with Crippen LogP contribution in [0.5, 0.6) is 0 Å². The number of hydrogen-bond donors (Lipinski definition) is 2. The van der Waals surface area contributed by atoms with Crippen molar-refractivity contribution in [1.29, 1.82) is 0 Å². The Balaban J connectivity index is 2.24. The average Bonchev–Trinajstić information content (AvgIpc) is 2.35. The van der Waals surface area contributed by atoms with Gasteiger partial charge in [-0.05, 0) is 37.1 Å². The van der Waals surface area contributed by atoms with Crippen LogP contribution in [0.1, 0.15) is 13.3 Å². The van der Waals surface area contributed by atoms with E-state index in [0.29, 0.717) is 12.6 Å². The Bertz CT molecular complexity index is 563. The van der Waals surface area contributed by atoms with Crippen LogP contribution in [0.3, 0.4) is 0 Å². The zero-order valence-electron chi connectivity index (χ0n) is 10.5. The van der Waals surface area contributed by atoms with Crippen molar-refractivity contribution >= 4 is 10.0 Å². The highest BCUT2D eigenvalue weighted by atomic mass is 32.2. The number of rotatable bonds is 3. The van der Waals surface area contributed by atoms with Crippen molar-refractivity contribution in [1.82, 2.24) is 10.0 Å². The molecule has 1 aromatic carbocycles. The SMILES string of the molecule is C[C@@H]1CCNC[C@H]1NS(=O)(=O)c1cc(F)ccc1F. The average molecular weight is 290 g/mol. The molecule has 0 radical (unpaired) electrons. The summed E-state index contributed by atoms with van der Waals surface area (Å²) in [6, 6.07) is 2.07. The van der Waals surface area contributed by atoms with E-state index < -0.39 is 26.6 Å². The zero-order valence-corrected chi connectivity index (χ0v) is 11.3. The minimum absolute atomic E-state index is 0.146. The quantitative estimate of drug-likeness (QED) is 0.880. The van der Waals surface area contributed by atoms with Gasteiger partial charge in [0.1, 0.15) is 16.5 Å². The third kappa shape index (κ3) is 3.29. The van der Waals surface area contributed by atoms with Gasteiger partial charge >= 0.3 is 0 Å². The van der Waals surface area contributed by atoms with Gasteiger partial charge < -0.3 is 5.32 Å². The molecule has 0 saturated carbocycles. The number of hydrogen-bond acceptors (Lipinski definition) is 3. The van der Waals surface area contributed by atoms with Gasteiger partial charge in [0, 0.05) is 12.6 Å². The molecule has 0 spiro atoms. The molecule has 106 valence electrons. The van der Waals surface area contributed by atoms with Crippen LogP contribution in [-0.2, 0) is 10.0 Å². The van der Waals surface area contributed by atoms with Crippen LogP contribution in [0, 0.1) is 17.6 Å². The number of sulfonamides is 1. The lowest BCUT2D eigenvalue weighted by atomic mass is 9.96. The molecule has 4 nitrogen and oxygen atoms in total. The molecule has 7 heteroatoms. The number of halogens is 2. The topological polar surface area (TPSA) is 58.2 Å². The molecular formula is C12H16F2N2O2S. The summed E-state index contributed by atoms with van der Waals surface area (Å²) in [5.74, 6) is -1.59. The van der Waals surface area contributed by atoms with Crippen LogP contribution in [-0.4, -0.2) is 27.5 Å². The third-order valence-electron chi connectivity index (χ3n) is 3.32. The van der Waals surface area contributed by atoms with E-state index in [0.717, 1.165) is 25.1 Å². The van der Waals surface area contributed by atoms with Crippen molar-refractivity contribution in [3.63, 3.8) is 0 Å². The molecule has 0 aromatic heterocycles. The Morgan fingerprint density at radius 1 is 1.37 bits per heavy atom. The fraction of sp³-hybridized carbons (Fsp3) is 0.500. The van der Waals surface area contributed by atoms with Gasteiger partial charge in [-0.2, -0.15) is 0 Å². The van der Waals surface area contributed by atoms with Gasteiger partial charge in [-0.1, -0.05) is 6.92 Å². The number of benzene rings is 1. The lowest BCUT2D eigenvalue weighted by Crippen LogP contribution is -2.50. The Morgan fingerprint density at radius 3 is 2.79 bits per heavy atom. The fourth-order valence-electron chi connectivity index (χ4n) is 2.09. The van der Waals surface area contributed by atoms with E-state index in [9.17, 15) is 17.2 Å². The Hall–Kier alpha value is -1.05. The van der Waals surface area contributed by atoms with E-state index in [1.807, 2.05) is 6.92 Å². The highest BCUT2D eigenvalue weighted by Gasteiger charge is 2.28. The van der Waals surface area contributed by atoms with Crippen LogP contribution in [0.25, 0.3) is 0 Å². The first-order valence-corrected chi connectivity index (χ1v) is 7.56. The van der Waals surface area contributed by atoms with E-state index in [-0.39, 0.29) is 12.0 Å². The summed E-state index contributed by atoms with van der Waals surface area (Å²) in [5.41, 5.74) is 0. The molecule has 0 bridgehead atoms. The predicted octanol–water partition coefficient (Wildman–Crippen LogP) is 1.24. The van der Waals surface area contributed by atoms with E-state index >= 15 is 0 Å². The number of nitrogens with one attached hydrogen (secondary N) is 2. The summed E-state index contributed by atoms with van der Waals surface area (Å²) in [6.45, 7) is 3.24. The molecule has 19 heavy (non-hydrogen) atoms. The monoisotopic (exact) mass is 290 g/mol. The van der Waals surface area contributed by atoms with Crippen LogP contribution >= 0.6 is 0 Å². The minimum Gasteiger partial charge on any atom is -0.315 e.